The minimum Gasteiger partial charge on any atom is -0.480 e. The maximum Gasteiger partial charge on any atom is 0.320 e. The molecule has 0 radical (unpaired) electrons. The van der Waals surface area contributed by atoms with Crippen molar-refractivity contribution in [2.75, 3.05) is 0 Å². The first kappa shape index (κ1) is 11.1. The summed E-state index contributed by atoms with van der Waals surface area (Å²) in [5.74, 6) is -0.890. The first-order chi connectivity index (χ1) is 5.43. The van der Waals surface area contributed by atoms with Gasteiger partial charge < -0.3 is 15.6 Å². The minimum absolute atomic E-state index is 0.0496. The van der Waals surface area contributed by atoms with E-state index in [-0.39, 0.29) is 11.7 Å². The van der Waals surface area contributed by atoms with Crippen molar-refractivity contribution < 1.29 is 14.7 Å². The van der Waals surface area contributed by atoms with Crippen LogP contribution in [-0.2, 0) is 9.59 Å². The molecule has 0 spiro atoms. The Morgan fingerprint density at radius 1 is 1.50 bits per heavy atom. The Hall–Kier alpha value is -0.900. The quantitative estimate of drug-likeness (QED) is 0.630. The van der Waals surface area contributed by atoms with Gasteiger partial charge >= 0.3 is 5.97 Å². The summed E-state index contributed by atoms with van der Waals surface area (Å²) in [6.45, 7) is 3.31. The number of aliphatic carboxylic acids is 1. The summed E-state index contributed by atoms with van der Waals surface area (Å²) >= 11 is 0. The fourth-order valence-electron chi connectivity index (χ4n) is 1.11. The van der Waals surface area contributed by atoms with Crippen molar-refractivity contribution in [3.05, 3.63) is 0 Å². The van der Waals surface area contributed by atoms with Crippen LogP contribution in [0.3, 0.4) is 0 Å². The average Bonchev–Trinajstić information content (AvgIpc) is 1.84. The van der Waals surface area contributed by atoms with E-state index in [4.69, 9.17) is 10.8 Å². The largest absolute Gasteiger partial charge is 0.480 e. The van der Waals surface area contributed by atoms with E-state index < -0.39 is 12.0 Å². The Kier molecular flexibility index (Phi) is 4.51. The number of hydrogen-bond donors (Lipinski definition) is 2. The zero-order chi connectivity index (χ0) is 9.72. The highest BCUT2D eigenvalue weighted by molar-refractivity contribution is 5.76. The van der Waals surface area contributed by atoms with E-state index in [2.05, 4.69) is 0 Å². The molecule has 12 heavy (non-hydrogen) atoms. The Bertz CT molecular complexity index is 179. The smallest absolute Gasteiger partial charge is 0.320 e. The van der Waals surface area contributed by atoms with Gasteiger partial charge in [0.2, 0.25) is 0 Å². The Balaban J connectivity index is 3.76. The van der Waals surface area contributed by atoms with Crippen LogP contribution in [0.1, 0.15) is 26.7 Å². The molecule has 0 saturated carbocycles. The molecule has 0 aliphatic heterocycles. The monoisotopic (exact) mass is 173 g/mol. The van der Waals surface area contributed by atoms with Crippen LogP contribution in [0.4, 0.5) is 0 Å². The molecule has 4 nitrogen and oxygen atoms in total. The summed E-state index contributed by atoms with van der Waals surface area (Å²) in [5, 5.41) is 8.46. The predicted octanol–water partition coefficient (Wildman–Crippen LogP) is 0.404. The summed E-state index contributed by atoms with van der Waals surface area (Å²) in [6.07, 6.45) is 0.760. The van der Waals surface area contributed by atoms with Crippen molar-refractivity contribution in [3.8, 4) is 0 Å². The van der Waals surface area contributed by atoms with Gasteiger partial charge in [-0.1, -0.05) is 6.92 Å². The van der Waals surface area contributed by atoms with Gasteiger partial charge in [-0.2, -0.15) is 0 Å². The summed E-state index contributed by atoms with van der Waals surface area (Å²) in [6, 6.07) is -0.848. The molecule has 0 aromatic heterocycles. The van der Waals surface area contributed by atoms with Crippen molar-refractivity contribution in [3.63, 3.8) is 0 Å². The maximum atomic E-state index is 10.6. The lowest BCUT2D eigenvalue weighted by atomic mass is 9.97. The SMILES string of the molecule is CC(=O)CC(C)C[C@H](N)C(=O)O. The molecule has 3 N–H and O–H groups in total. The number of ketones is 1. The Morgan fingerprint density at radius 3 is 2.33 bits per heavy atom. The van der Waals surface area contributed by atoms with Gasteiger partial charge in [-0.25, -0.2) is 0 Å². The summed E-state index contributed by atoms with van der Waals surface area (Å²) in [7, 11) is 0. The molecule has 70 valence electrons. The number of nitrogens with two attached hydrogens (primary N) is 1. The van der Waals surface area contributed by atoms with Crippen LogP contribution >= 0.6 is 0 Å². The highest BCUT2D eigenvalue weighted by Crippen LogP contribution is 2.09. The van der Waals surface area contributed by atoms with E-state index in [1.54, 1.807) is 0 Å². The Labute approximate surface area is 71.8 Å². The van der Waals surface area contributed by atoms with Crippen LogP contribution in [0.5, 0.6) is 0 Å². The van der Waals surface area contributed by atoms with E-state index in [0.29, 0.717) is 12.8 Å². The van der Waals surface area contributed by atoms with E-state index in [1.807, 2.05) is 6.92 Å². The molecule has 0 aromatic rings. The molecule has 0 aromatic carbocycles. The number of rotatable bonds is 5. The maximum absolute atomic E-state index is 10.6. The van der Waals surface area contributed by atoms with E-state index in [1.165, 1.54) is 6.92 Å². The Morgan fingerprint density at radius 2 is 2.00 bits per heavy atom. The number of Topliss-reactive ketones (excluding diaryl/α,β-unsaturated/α-hetero) is 1. The lowest BCUT2D eigenvalue weighted by Crippen LogP contribution is -2.32. The first-order valence-electron chi connectivity index (χ1n) is 3.91. The third-order valence-electron chi connectivity index (χ3n) is 1.61. The fourth-order valence-corrected chi connectivity index (χ4v) is 1.11. The van der Waals surface area contributed by atoms with E-state index in [9.17, 15) is 9.59 Å². The van der Waals surface area contributed by atoms with Gasteiger partial charge in [0.05, 0.1) is 0 Å². The van der Waals surface area contributed by atoms with Crippen molar-refractivity contribution in [1.82, 2.24) is 0 Å². The molecule has 2 atom stereocenters. The number of carbonyl (C=O) groups excluding carboxylic acids is 1. The number of carboxylic acids is 1. The molecule has 0 amide bonds. The number of hydrogen-bond acceptors (Lipinski definition) is 3. The third kappa shape index (κ3) is 4.85. The molecule has 0 fully saturated rings. The third-order valence-corrected chi connectivity index (χ3v) is 1.61. The highest BCUT2D eigenvalue weighted by atomic mass is 16.4. The second kappa shape index (κ2) is 4.87. The molecule has 0 rings (SSSR count). The number of carboxylic acid groups (broad SMARTS) is 1. The van der Waals surface area contributed by atoms with Crippen molar-refractivity contribution in [1.29, 1.82) is 0 Å². The zero-order valence-corrected chi connectivity index (χ0v) is 7.41. The van der Waals surface area contributed by atoms with Gasteiger partial charge in [0, 0.05) is 6.42 Å². The standard InChI is InChI=1S/C8H15NO3/c1-5(3-6(2)10)4-7(9)8(11)12/h5,7H,3-4,9H2,1-2H3,(H,11,12)/t5?,7-/m0/s1. The van der Waals surface area contributed by atoms with E-state index in [0.717, 1.165) is 0 Å². The van der Waals surface area contributed by atoms with Gasteiger partial charge in [-0.05, 0) is 19.3 Å². The second-order valence-corrected chi connectivity index (χ2v) is 3.19. The van der Waals surface area contributed by atoms with Crippen molar-refractivity contribution in [2.45, 2.75) is 32.7 Å². The van der Waals surface area contributed by atoms with Crippen molar-refractivity contribution >= 4 is 11.8 Å². The van der Waals surface area contributed by atoms with Crippen molar-refractivity contribution in [2.24, 2.45) is 11.7 Å². The van der Waals surface area contributed by atoms with Crippen LogP contribution < -0.4 is 5.73 Å². The van der Waals surface area contributed by atoms with Crippen LogP contribution in [0.25, 0.3) is 0 Å². The lowest BCUT2D eigenvalue weighted by Gasteiger charge is -2.11. The van der Waals surface area contributed by atoms with Crippen LogP contribution in [0, 0.1) is 5.92 Å². The molecular weight excluding hydrogens is 158 g/mol. The summed E-state index contributed by atoms with van der Waals surface area (Å²) in [4.78, 5) is 20.9. The second-order valence-electron chi connectivity index (χ2n) is 3.19. The average molecular weight is 173 g/mol. The predicted molar refractivity (Wildman–Crippen MR) is 44.7 cm³/mol. The summed E-state index contributed by atoms with van der Waals surface area (Å²) < 4.78 is 0. The van der Waals surface area contributed by atoms with Crippen LogP contribution in [-0.4, -0.2) is 22.9 Å². The minimum atomic E-state index is -1.01. The molecule has 0 aliphatic carbocycles. The highest BCUT2D eigenvalue weighted by Gasteiger charge is 2.16. The molecule has 4 heteroatoms. The first-order valence-corrected chi connectivity index (χ1v) is 3.91. The normalized spacial score (nSPS) is 15.2. The van der Waals surface area contributed by atoms with Gasteiger partial charge in [-0.3, -0.25) is 4.79 Å². The summed E-state index contributed by atoms with van der Waals surface area (Å²) in [5.41, 5.74) is 5.28. The molecule has 0 saturated heterocycles. The van der Waals surface area contributed by atoms with Gasteiger partial charge in [0.1, 0.15) is 11.8 Å². The molecular formula is C8H15NO3. The molecule has 0 bridgehead atoms. The molecule has 0 aliphatic rings. The van der Waals surface area contributed by atoms with Gasteiger partial charge in [-0.15, -0.1) is 0 Å². The van der Waals surface area contributed by atoms with Crippen LogP contribution in [0.2, 0.25) is 0 Å². The lowest BCUT2D eigenvalue weighted by molar-refractivity contribution is -0.139. The van der Waals surface area contributed by atoms with Gasteiger partial charge in [0.15, 0.2) is 0 Å². The zero-order valence-electron chi connectivity index (χ0n) is 7.41. The fraction of sp³-hybridized carbons (Fsp3) is 0.750. The number of carbonyl (C=O) groups is 2. The van der Waals surface area contributed by atoms with E-state index >= 15 is 0 Å². The molecule has 1 unspecified atom stereocenters. The molecule has 0 heterocycles. The van der Waals surface area contributed by atoms with Crippen LogP contribution in [0.15, 0.2) is 0 Å². The van der Waals surface area contributed by atoms with Gasteiger partial charge in [0.25, 0.3) is 0 Å². The topological polar surface area (TPSA) is 80.4 Å².